The summed E-state index contributed by atoms with van der Waals surface area (Å²) < 4.78 is 0.740. The number of primary amides is 1. The minimum absolute atomic E-state index is 0.408. The molecule has 19 heavy (non-hydrogen) atoms. The molecule has 1 saturated heterocycles. The molecule has 1 aliphatic rings. The van der Waals surface area contributed by atoms with Gasteiger partial charge >= 0.3 is 0 Å². The van der Waals surface area contributed by atoms with E-state index >= 15 is 0 Å². The third-order valence-electron chi connectivity index (χ3n) is 3.53. The first-order valence-electron chi connectivity index (χ1n) is 6.71. The topological polar surface area (TPSA) is 67.2 Å². The van der Waals surface area contributed by atoms with Crippen molar-refractivity contribution in [3.05, 3.63) is 28.2 Å². The number of carbonyl (C=O) groups excluding carboxylic acids is 1. The molecular weight excluding hydrogens is 306 g/mol. The predicted molar refractivity (Wildman–Crippen MR) is 81.4 cm³/mol. The van der Waals surface area contributed by atoms with Crippen LogP contribution in [-0.4, -0.2) is 25.5 Å². The van der Waals surface area contributed by atoms with Crippen LogP contribution in [0.2, 0.25) is 0 Å². The van der Waals surface area contributed by atoms with Gasteiger partial charge in [-0.25, -0.2) is 0 Å². The molecule has 5 heteroatoms. The van der Waals surface area contributed by atoms with Gasteiger partial charge in [0, 0.05) is 16.7 Å². The maximum atomic E-state index is 11.4. The first-order valence-corrected chi connectivity index (χ1v) is 7.50. The molecule has 0 radical (unpaired) electrons. The maximum Gasteiger partial charge on any atom is 0.251 e. The Bertz CT molecular complexity index is 444. The fourth-order valence-corrected chi connectivity index (χ4v) is 3.06. The lowest BCUT2D eigenvalue weighted by Crippen LogP contribution is -2.30. The molecule has 1 aromatic carbocycles. The molecule has 1 atom stereocenters. The molecule has 0 bridgehead atoms. The molecule has 1 unspecified atom stereocenters. The number of rotatable bonds is 5. The van der Waals surface area contributed by atoms with Gasteiger partial charge < -0.3 is 16.4 Å². The van der Waals surface area contributed by atoms with E-state index in [-0.39, 0.29) is 0 Å². The summed E-state index contributed by atoms with van der Waals surface area (Å²) in [6.45, 7) is 3.10. The summed E-state index contributed by atoms with van der Waals surface area (Å²) in [6, 6.07) is 5.63. The van der Waals surface area contributed by atoms with Crippen LogP contribution in [0.25, 0.3) is 0 Å². The Morgan fingerprint density at radius 1 is 1.53 bits per heavy atom. The summed E-state index contributed by atoms with van der Waals surface area (Å²) in [4.78, 5) is 11.4. The second-order valence-electron chi connectivity index (χ2n) is 4.95. The van der Waals surface area contributed by atoms with Gasteiger partial charge in [-0.1, -0.05) is 6.07 Å². The van der Waals surface area contributed by atoms with Gasteiger partial charge in [0.15, 0.2) is 0 Å². The molecule has 104 valence electrons. The van der Waals surface area contributed by atoms with Crippen molar-refractivity contribution in [3.8, 4) is 0 Å². The lowest BCUT2D eigenvalue weighted by molar-refractivity contribution is 0.100. The standard InChI is InChI=1S/C14H20BrN3O/c15-11-4-1-5-12(13(11)14(16)19)18-8-6-10-3-2-7-17-9-10/h1,4-5,10,17-18H,2-3,6-9H2,(H2,16,19). The molecule has 4 nitrogen and oxygen atoms in total. The minimum Gasteiger partial charge on any atom is -0.384 e. The number of hydrogen-bond acceptors (Lipinski definition) is 3. The molecule has 0 saturated carbocycles. The van der Waals surface area contributed by atoms with Crippen molar-refractivity contribution in [1.82, 2.24) is 5.32 Å². The fourth-order valence-electron chi connectivity index (χ4n) is 2.50. The average molecular weight is 326 g/mol. The molecule has 1 heterocycles. The van der Waals surface area contributed by atoms with E-state index in [2.05, 4.69) is 26.6 Å². The minimum atomic E-state index is -0.408. The number of nitrogens with one attached hydrogen (secondary N) is 2. The number of carbonyl (C=O) groups is 1. The van der Waals surface area contributed by atoms with E-state index in [0.29, 0.717) is 5.56 Å². The number of halogens is 1. The normalized spacial score (nSPS) is 19.1. The molecule has 0 spiro atoms. The third-order valence-corrected chi connectivity index (χ3v) is 4.19. The number of amides is 1. The van der Waals surface area contributed by atoms with E-state index in [0.717, 1.165) is 42.1 Å². The Morgan fingerprint density at radius 2 is 2.37 bits per heavy atom. The summed E-state index contributed by atoms with van der Waals surface area (Å²) in [6.07, 6.45) is 3.65. The van der Waals surface area contributed by atoms with E-state index in [9.17, 15) is 4.79 Å². The van der Waals surface area contributed by atoms with Gasteiger partial charge in [-0.05, 0) is 66.3 Å². The van der Waals surface area contributed by atoms with Crippen LogP contribution < -0.4 is 16.4 Å². The Labute approximate surface area is 122 Å². The van der Waals surface area contributed by atoms with Gasteiger partial charge in [0.2, 0.25) is 0 Å². The van der Waals surface area contributed by atoms with Crippen molar-refractivity contribution >= 4 is 27.5 Å². The summed E-state index contributed by atoms with van der Waals surface area (Å²) >= 11 is 3.37. The van der Waals surface area contributed by atoms with Crippen LogP contribution in [0.4, 0.5) is 5.69 Å². The molecule has 1 amide bonds. The lowest BCUT2D eigenvalue weighted by Gasteiger charge is -2.23. The van der Waals surface area contributed by atoms with Crippen LogP contribution >= 0.6 is 15.9 Å². The van der Waals surface area contributed by atoms with Gasteiger partial charge in [-0.3, -0.25) is 4.79 Å². The monoisotopic (exact) mass is 325 g/mol. The zero-order valence-electron chi connectivity index (χ0n) is 10.9. The molecule has 1 fully saturated rings. The first kappa shape index (κ1) is 14.3. The molecule has 0 aromatic heterocycles. The number of benzene rings is 1. The molecule has 4 N–H and O–H groups in total. The van der Waals surface area contributed by atoms with Crippen molar-refractivity contribution in [2.75, 3.05) is 25.0 Å². The Morgan fingerprint density at radius 3 is 3.05 bits per heavy atom. The molecule has 0 aliphatic carbocycles. The summed E-state index contributed by atoms with van der Waals surface area (Å²) in [7, 11) is 0. The highest BCUT2D eigenvalue weighted by molar-refractivity contribution is 9.10. The first-order chi connectivity index (χ1) is 9.18. The zero-order chi connectivity index (χ0) is 13.7. The second kappa shape index (κ2) is 6.91. The van der Waals surface area contributed by atoms with E-state index in [1.54, 1.807) is 0 Å². The van der Waals surface area contributed by atoms with Crippen LogP contribution in [0.15, 0.2) is 22.7 Å². The number of hydrogen-bond donors (Lipinski definition) is 3. The van der Waals surface area contributed by atoms with E-state index < -0.39 is 5.91 Å². The molecule has 2 rings (SSSR count). The third kappa shape index (κ3) is 3.94. The average Bonchev–Trinajstić information content (AvgIpc) is 2.39. The molecule has 1 aromatic rings. The summed E-state index contributed by atoms with van der Waals surface area (Å²) in [5, 5.41) is 6.74. The number of anilines is 1. The highest BCUT2D eigenvalue weighted by Crippen LogP contribution is 2.24. The maximum absolute atomic E-state index is 11.4. The van der Waals surface area contributed by atoms with Crippen molar-refractivity contribution in [2.45, 2.75) is 19.3 Å². The zero-order valence-corrected chi connectivity index (χ0v) is 12.5. The van der Waals surface area contributed by atoms with E-state index in [1.807, 2.05) is 18.2 Å². The second-order valence-corrected chi connectivity index (χ2v) is 5.81. The Balaban J connectivity index is 1.92. The van der Waals surface area contributed by atoms with Gasteiger partial charge in [-0.15, -0.1) is 0 Å². The van der Waals surface area contributed by atoms with E-state index in [4.69, 9.17) is 5.73 Å². The lowest BCUT2D eigenvalue weighted by atomic mass is 9.96. The van der Waals surface area contributed by atoms with Crippen molar-refractivity contribution in [2.24, 2.45) is 11.7 Å². The van der Waals surface area contributed by atoms with Gasteiger partial charge in [-0.2, -0.15) is 0 Å². The van der Waals surface area contributed by atoms with Crippen LogP contribution in [0, 0.1) is 5.92 Å². The number of piperidine rings is 1. The van der Waals surface area contributed by atoms with Gasteiger partial charge in [0.25, 0.3) is 5.91 Å². The van der Waals surface area contributed by atoms with Crippen LogP contribution in [0.5, 0.6) is 0 Å². The van der Waals surface area contributed by atoms with Crippen LogP contribution in [0.3, 0.4) is 0 Å². The summed E-state index contributed by atoms with van der Waals surface area (Å²) in [5.74, 6) is 0.319. The Kier molecular flexibility index (Phi) is 5.22. The van der Waals surface area contributed by atoms with Gasteiger partial charge in [0.1, 0.15) is 0 Å². The highest BCUT2D eigenvalue weighted by Gasteiger charge is 2.14. The Hall–Kier alpha value is -1.07. The highest BCUT2D eigenvalue weighted by atomic mass is 79.9. The van der Waals surface area contributed by atoms with Crippen molar-refractivity contribution < 1.29 is 4.79 Å². The largest absolute Gasteiger partial charge is 0.384 e. The van der Waals surface area contributed by atoms with Gasteiger partial charge in [0.05, 0.1) is 5.56 Å². The molecule has 1 aliphatic heterocycles. The SMILES string of the molecule is NC(=O)c1c(Br)cccc1NCCC1CCCNC1. The van der Waals surface area contributed by atoms with Crippen LogP contribution in [0.1, 0.15) is 29.6 Å². The van der Waals surface area contributed by atoms with E-state index in [1.165, 1.54) is 12.8 Å². The van der Waals surface area contributed by atoms with Crippen LogP contribution in [-0.2, 0) is 0 Å². The summed E-state index contributed by atoms with van der Waals surface area (Å²) in [5.41, 5.74) is 6.75. The smallest absolute Gasteiger partial charge is 0.251 e. The number of nitrogens with two attached hydrogens (primary N) is 1. The van der Waals surface area contributed by atoms with Crippen molar-refractivity contribution in [3.63, 3.8) is 0 Å². The fraction of sp³-hybridized carbons (Fsp3) is 0.500. The van der Waals surface area contributed by atoms with Crippen molar-refractivity contribution in [1.29, 1.82) is 0 Å². The quantitative estimate of drug-likeness (QED) is 0.778. The predicted octanol–water partition coefficient (Wildman–Crippen LogP) is 2.35. The molecular formula is C14H20BrN3O.